The summed E-state index contributed by atoms with van der Waals surface area (Å²) >= 11 is 5.98. The number of aliphatic carboxylic acids is 1. The molecule has 2 rings (SSSR count). The Morgan fingerprint density at radius 2 is 2.05 bits per heavy atom. The minimum atomic E-state index is -0.662. The lowest BCUT2D eigenvalue weighted by Crippen LogP contribution is -2.29. The molecule has 1 aromatic carbocycles. The zero-order valence-corrected chi connectivity index (χ0v) is 12.8. The molecular weight excluding hydrogens is 272 g/mol. The molecule has 3 heteroatoms. The molecule has 1 atom stereocenters. The van der Waals surface area contributed by atoms with Gasteiger partial charge in [-0.2, -0.15) is 0 Å². The largest absolute Gasteiger partial charge is 0.481 e. The van der Waals surface area contributed by atoms with Gasteiger partial charge in [0.2, 0.25) is 0 Å². The van der Waals surface area contributed by atoms with Crippen molar-refractivity contribution in [3.8, 4) is 0 Å². The van der Waals surface area contributed by atoms with Gasteiger partial charge in [-0.1, -0.05) is 49.9 Å². The third-order valence-electron chi connectivity index (χ3n) is 4.70. The molecule has 1 fully saturated rings. The zero-order chi connectivity index (χ0) is 14.5. The second-order valence-corrected chi connectivity index (χ2v) is 6.40. The second-order valence-electron chi connectivity index (χ2n) is 5.97. The molecule has 1 saturated carbocycles. The number of benzene rings is 1. The van der Waals surface area contributed by atoms with Crippen LogP contribution in [-0.2, 0) is 11.2 Å². The summed E-state index contributed by atoms with van der Waals surface area (Å²) in [6, 6.07) is 7.58. The lowest BCUT2D eigenvalue weighted by molar-refractivity contribution is -0.144. The van der Waals surface area contributed by atoms with Gasteiger partial charge in [0.05, 0.1) is 5.92 Å². The molecule has 2 nitrogen and oxygen atoms in total. The van der Waals surface area contributed by atoms with Crippen LogP contribution in [0.15, 0.2) is 24.3 Å². The molecule has 1 unspecified atom stereocenters. The Morgan fingerprint density at radius 3 is 2.60 bits per heavy atom. The van der Waals surface area contributed by atoms with Crippen molar-refractivity contribution in [1.29, 1.82) is 0 Å². The summed E-state index contributed by atoms with van der Waals surface area (Å²) in [5.74, 6) is 0.178. The molecule has 0 amide bonds. The van der Waals surface area contributed by atoms with E-state index in [0.717, 1.165) is 24.3 Å². The van der Waals surface area contributed by atoms with E-state index >= 15 is 0 Å². The molecule has 1 N–H and O–H groups in total. The van der Waals surface area contributed by atoms with Crippen molar-refractivity contribution in [2.24, 2.45) is 17.8 Å². The van der Waals surface area contributed by atoms with Crippen molar-refractivity contribution in [3.63, 3.8) is 0 Å². The molecule has 0 spiro atoms. The van der Waals surface area contributed by atoms with Crippen LogP contribution in [-0.4, -0.2) is 11.1 Å². The van der Waals surface area contributed by atoms with Crippen LogP contribution in [0.25, 0.3) is 0 Å². The molecule has 1 aliphatic carbocycles. The van der Waals surface area contributed by atoms with Crippen molar-refractivity contribution in [2.75, 3.05) is 0 Å². The van der Waals surface area contributed by atoms with Crippen molar-refractivity contribution in [2.45, 2.75) is 45.4 Å². The Morgan fingerprint density at radius 1 is 1.35 bits per heavy atom. The summed E-state index contributed by atoms with van der Waals surface area (Å²) in [5, 5.41) is 10.2. The summed E-state index contributed by atoms with van der Waals surface area (Å²) in [7, 11) is 0. The van der Waals surface area contributed by atoms with Crippen LogP contribution in [0.3, 0.4) is 0 Å². The van der Waals surface area contributed by atoms with Gasteiger partial charge in [-0.3, -0.25) is 4.79 Å². The number of halogens is 1. The number of carboxylic acid groups (broad SMARTS) is 1. The fourth-order valence-electron chi connectivity index (χ4n) is 3.37. The van der Waals surface area contributed by atoms with Gasteiger partial charge < -0.3 is 5.11 Å². The van der Waals surface area contributed by atoms with Gasteiger partial charge >= 0.3 is 5.97 Å². The lowest BCUT2D eigenvalue weighted by atomic mass is 9.73. The maximum atomic E-state index is 11.6. The van der Waals surface area contributed by atoms with Crippen molar-refractivity contribution in [3.05, 3.63) is 34.9 Å². The van der Waals surface area contributed by atoms with Gasteiger partial charge in [-0.15, -0.1) is 0 Å². The Labute approximate surface area is 126 Å². The van der Waals surface area contributed by atoms with Crippen molar-refractivity contribution < 1.29 is 9.90 Å². The second kappa shape index (κ2) is 7.12. The predicted octanol–water partition coefficient (Wildman–Crippen LogP) is 4.80. The third kappa shape index (κ3) is 3.99. The van der Waals surface area contributed by atoms with E-state index in [1.807, 2.05) is 24.3 Å². The van der Waals surface area contributed by atoms with Gasteiger partial charge in [0.25, 0.3) is 0 Å². The van der Waals surface area contributed by atoms with E-state index in [0.29, 0.717) is 17.4 Å². The first kappa shape index (κ1) is 15.4. The molecule has 0 aromatic heterocycles. The molecule has 0 bridgehead atoms. The molecule has 1 aromatic rings. The number of carbonyl (C=O) groups is 1. The summed E-state index contributed by atoms with van der Waals surface area (Å²) in [4.78, 5) is 11.6. The SMILES string of the molecule is CCC1CCC(C(Cc2cccc(Cl)c2)C(=O)O)CC1. The fourth-order valence-corrected chi connectivity index (χ4v) is 3.59. The monoisotopic (exact) mass is 294 g/mol. The number of hydrogen-bond acceptors (Lipinski definition) is 1. The first-order chi connectivity index (χ1) is 9.60. The molecule has 0 heterocycles. The van der Waals surface area contributed by atoms with Crippen LogP contribution in [0.1, 0.15) is 44.6 Å². The van der Waals surface area contributed by atoms with E-state index < -0.39 is 5.97 Å². The highest BCUT2D eigenvalue weighted by atomic mass is 35.5. The predicted molar refractivity (Wildman–Crippen MR) is 82.0 cm³/mol. The van der Waals surface area contributed by atoms with Crippen LogP contribution >= 0.6 is 11.6 Å². The summed E-state index contributed by atoms with van der Waals surface area (Å²) in [5.41, 5.74) is 1.03. The number of rotatable bonds is 5. The van der Waals surface area contributed by atoms with Crippen LogP contribution < -0.4 is 0 Å². The number of hydrogen-bond donors (Lipinski definition) is 1. The standard InChI is InChI=1S/C17H23ClO2/c1-2-12-6-8-14(9-7-12)16(17(19)20)11-13-4-3-5-15(18)10-13/h3-5,10,12,14,16H,2,6-9,11H2,1H3,(H,19,20). The highest BCUT2D eigenvalue weighted by Crippen LogP contribution is 2.36. The molecular formula is C17H23ClO2. The number of carboxylic acids is 1. The first-order valence-electron chi connectivity index (χ1n) is 7.57. The fraction of sp³-hybridized carbons (Fsp3) is 0.588. The van der Waals surface area contributed by atoms with Gasteiger partial charge in [-0.05, 0) is 48.8 Å². The average Bonchev–Trinajstić information content (AvgIpc) is 2.45. The molecule has 1 aliphatic rings. The van der Waals surface area contributed by atoms with E-state index in [9.17, 15) is 9.90 Å². The molecule has 0 radical (unpaired) electrons. The maximum absolute atomic E-state index is 11.6. The minimum absolute atomic E-state index is 0.272. The van der Waals surface area contributed by atoms with E-state index in [4.69, 9.17) is 11.6 Å². The van der Waals surface area contributed by atoms with E-state index in [-0.39, 0.29) is 5.92 Å². The van der Waals surface area contributed by atoms with Crippen molar-refractivity contribution >= 4 is 17.6 Å². The third-order valence-corrected chi connectivity index (χ3v) is 4.93. The smallest absolute Gasteiger partial charge is 0.307 e. The van der Waals surface area contributed by atoms with Crippen LogP contribution in [0.2, 0.25) is 5.02 Å². The summed E-state index contributed by atoms with van der Waals surface area (Å²) < 4.78 is 0. The lowest BCUT2D eigenvalue weighted by Gasteiger charge is -2.31. The minimum Gasteiger partial charge on any atom is -0.481 e. The summed E-state index contributed by atoms with van der Waals surface area (Å²) in [6.07, 6.45) is 6.28. The molecule has 110 valence electrons. The Balaban J connectivity index is 2.03. The first-order valence-corrected chi connectivity index (χ1v) is 7.95. The molecule has 0 aliphatic heterocycles. The average molecular weight is 295 g/mol. The van der Waals surface area contributed by atoms with Crippen LogP contribution in [0, 0.1) is 17.8 Å². The van der Waals surface area contributed by atoms with Crippen molar-refractivity contribution in [1.82, 2.24) is 0 Å². The van der Waals surface area contributed by atoms with Crippen LogP contribution in [0.5, 0.6) is 0 Å². The zero-order valence-electron chi connectivity index (χ0n) is 12.0. The van der Waals surface area contributed by atoms with Gasteiger partial charge in [-0.25, -0.2) is 0 Å². The molecule has 20 heavy (non-hydrogen) atoms. The Kier molecular flexibility index (Phi) is 5.47. The van der Waals surface area contributed by atoms with E-state index in [2.05, 4.69) is 6.92 Å². The Hall–Kier alpha value is -1.02. The van der Waals surface area contributed by atoms with Gasteiger partial charge in [0, 0.05) is 5.02 Å². The van der Waals surface area contributed by atoms with Crippen LogP contribution in [0.4, 0.5) is 0 Å². The summed E-state index contributed by atoms with van der Waals surface area (Å²) in [6.45, 7) is 2.23. The normalized spacial score (nSPS) is 24.3. The van der Waals surface area contributed by atoms with E-state index in [1.165, 1.54) is 19.3 Å². The van der Waals surface area contributed by atoms with Gasteiger partial charge in [0.1, 0.15) is 0 Å². The van der Waals surface area contributed by atoms with Gasteiger partial charge in [0.15, 0.2) is 0 Å². The highest BCUT2D eigenvalue weighted by molar-refractivity contribution is 6.30. The Bertz CT molecular complexity index is 450. The maximum Gasteiger partial charge on any atom is 0.307 e. The topological polar surface area (TPSA) is 37.3 Å². The molecule has 0 saturated heterocycles. The highest BCUT2D eigenvalue weighted by Gasteiger charge is 2.31. The quantitative estimate of drug-likeness (QED) is 0.847. The van der Waals surface area contributed by atoms with E-state index in [1.54, 1.807) is 0 Å².